The molecule has 0 saturated carbocycles. The van der Waals surface area contributed by atoms with E-state index in [4.69, 9.17) is 20.0 Å². The lowest BCUT2D eigenvalue weighted by Crippen LogP contribution is -1.98. The first-order valence-electron chi connectivity index (χ1n) is 5.40. The maximum atomic E-state index is 8.81. The van der Waals surface area contributed by atoms with Gasteiger partial charge in [-0.2, -0.15) is 10.5 Å². The van der Waals surface area contributed by atoms with Gasteiger partial charge in [-0.05, 0) is 49.6 Å². The molecule has 0 spiro atoms. The number of hydrogen-bond donors (Lipinski definition) is 0. The molecule has 1 aromatic carbocycles. The number of rotatable bonds is 5. The zero-order chi connectivity index (χ0) is 15.1. The molecular weight excluding hydrogens is 388 g/mol. The SMILES string of the molecule is C=CCOc1c(OC)cc(C=C(C#N)C#N)c(Br)c1Br. The van der Waals surface area contributed by atoms with Crippen LogP contribution in [0.4, 0.5) is 0 Å². The molecular formula is C14H10Br2N2O2. The summed E-state index contributed by atoms with van der Waals surface area (Å²) in [5.41, 5.74) is 0.636. The van der Waals surface area contributed by atoms with Crippen LogP contribution in [0.25, 0.3) is 6.08 Å². The molecule has 102 valence electrons. The van der Waals surface area contributed by atoms with E-state index in [1.54, 1.807) is 12.1 Å². The van der Waals surface area contributed by atoms with Gasteiger partial charge in [0.25, 0.3) is 0 Å². The van der Waals surface area contributed by atoms with Crippen molar-refractivity contribution in [2.75, 3.05) is 13.7 Å². The molecule has 6 heteroatoms. The monoisotopic (exact) mass is 396 g/mol. The zero-order valence-corrected chi connectivity index (χ0v) is 13.8. The number of benzene rings is 1. The van der Waals surface area contributed by atoms with Crippen molar-refractivity contribution in [3.05, 3.63) is 38.8 Å². The van der Waals surface area contributed by atoms with Gasteiger partial charge < -0.3 is 9.47 Å². The van der Waals surface area contributed by atoms with E-state index in [1.807, 2.05) is 12.1 Å². The minimum absolute atomic E-state index is 0.000544. The fraction of sp³-hybridized carbons (Fsp3) is 0.143. The Bertz CT molecular complexity index is 624. The van der Waals surface area contributed by atoms with Crippen molar-refractivity contribution in [1.82, 2.24) is 0 Å². The minimum Gasteiger partial charge on any atom is -0.493 e. The molecule has 0 heterocycles. The van der Waals surface area contributed by atoms with Crippen molar-refractivity contribution in [2.24, 2.45) is 0 Å². The highest BCUT2D eigenvalue weighted by molar-refractivity contribution is 9.13. The van der Waals surface area contributed by atoms with Crippen LogP contribution in [0.15, 0.2) is 33.2 Å². The fourth-order valence-corrected chi connectivity index (χ4v) is 2.33. The Kier molecular flexibility index (Phi) is 6.30. The topological polar surface area (TPSA) is 66.0 Å². The van der Waals surface area contributed by atoms with Gasteiger partial charge in [-0.3, -0.25) is 0 Å². The van der Waals surface area contributed by atoms with Gasteiger partial charge in [-0.1, -0.05) is 12.7 Å². The Morgan fingerprint density at radius 3 is 2.50 bits per heavy atom. The summed E-state index contributed by atoms with van der Waals surface area (Å²) >= 11 is 6.81. The van der Waals surface area contributed by atoms with Crippen molar-refractivity contribution in [3.8, 4) is 23.6 Å². The van der Waals surface area contributed by atoms with Crippen molar-refractivity contribution < 1.29 is 9.47 Å². The summed E-state index contributed by atoms with van der Waals surface area (Å²) < 4.78 is 12.1. The third kappa shape index (κ3) is 3.63. The van der Waals surface area contributed by atoms with E-state index in [1.165, 1.54) is 13.2 Å². The summed E-state index contributed by atoms with van der Waals surface area (Å²) in [6, 6.07) is 5.31. The smallest absolute Gasteiger partial charge is 0.176 e. The summed E-state index contributed by atoms with van der Waals surface area (Å²) in [6.45, 7) is 3.92. The summed E-state index contributed by atoms with van der Waals surface area (Å²) in [5, 5.41) is 17.6. The molecule has 0 aromatic heterocycles. The van der Waals surface area contributed by atoms with Gasteiger partial charge in [-0.25, -0.2) is 0 Å². The van der Waals surface area contributed by atoms with Gasteiger partial charge in [0.05, 0.1) is 11.6 Å². The lowest BCUT2D eigenvalue weighted by atomic mass is 10.1. The summed E-state index contributed by atoms with van der Waals surface area (Å²) in [7, 11) is 1.51. The van der Waals surface area contributed by atoms with Gasteiger partial charge in [0.1, 0.15) is 24.3 Å². The summed E-state index contributed by atoms with van der Waals surface area (Å²) in [5.74, 6) is 1.01. The fourth-order valence-electron chi connectivity index (χ4n) is 1.38. The number of nitrogens with zero attached hydrogens (tertiary/aromatic N) is 2. The molecule has 0 unspecified atom stereocenters. The average Bonchev–Trinajstić information content (AvgIpc) is 2.47. The Labute approximate surface area is 134 Å². The average molecular weight is 398 g/mol. The largest absolute Gasteiger partial charge is 0.493 e. The molecule has 0 saturated heterocycles. The molecule has 1 aromatic rings. The van der Waals surface area contributed by atoms with Gasteiger partial charge in [0.2, 0.25) is 0 Å². The van der Waals surface area contributed by atoms with E-state index in [9.17, 15) is 0 Å². The van der Waals surface area contributed by atoms with E-state index < -0.39 is 0 Å². The van der Waals surface area contributed by atoms with Crippen LogP contribution in [0.3, 0.4) is 0 Å². The van der Waals surface area contributed by atoms with Crippen LogP contribution in [0.1, 0.15) is 5.56 Å². The minimum atomic E-state index is -0.000544. The number of halogens is 2. The third-order valence-corrected chi connectivity index (χ3v) is 4.41. The number of nitriles is 2. The molecule has 0 amide bonds. The van der Waals surface area contributed by atoms with E-state index in [0.717, 1.165) is 0 Å². The number of hydrogen-bond acceptors (Lipinski definition) is 4. The number of methoxy groups -OCH3 is 1. The lowest BCUT2D eigenvalue weighted by Gasteiger charge is -2.14. The maximum Gasteiger partial charge on any atom is 0.176 e. The second-order valence-electron chi connectivity index (χ2n) is 3.51. The third-order valence-electron chi connectivity index (χ3n) is 2.26. The maximum absolute atomic E-state index is 8.81. The van der Waals surface area contributed by atoms with Gasteiger partial charge in [0, 0.05) is 4.47 Å². The van der Waals surface area contributed by atoms with Crippen LogP contribution < -0.4 is 9.47 Å². The Morgan fingerprint density at radius 2 is 2.00 bits per heavy atom. The lowest BCUT2D eigenvalue weighted by molar-refractivity contribution is 0.324. The van der Waals surface area contributed by atoms with Crippen molar-refractivity contribution in [1.29, 1.82) is 10.5 Å². The van der Waals surface area contributed by atoms with Gasteiger partial charge in [-0.15, -0.1) is 0 Å². The number of ether oxygens (including phenoxy) is 2. The van der Waals surface area contributed by atoms with Crippen LogP contribution in [-0.2, 0) is 0 Å². The first-order valence-corrected chi connectivity index (χ1v) is 6.99. The molecule has 0 fully saturated rings. The highest BCUT2D eigenvalue weighted by Crippen LogP contribution is 2.43. The second-order valence-corrected chi connectivity index (χ2v) is 5.09. The quantitative estimate of drug-likeness (QED) is 0.551. The highest BCUT2D eigenvalue weighted by Gasteiger charge is 2.16. The first kappa shape index (κ1) is 16.3. The van der Waals surface area contributed by atoms with E-state index in [2.05, 4.69) is 38.4 Å². The van der Waals surface area contributed by atoms with Crippen molar-refractivity contribution >= 4 is 37.9 Å². The van der Waals surface area contributed by atoms with Crippen LogP contribution >= 0.6 is 31.9 Å². The second kappa shape index (κ2) is 7.74. The molecule has 0 atom stereocenters. The van der Waals surface area contributed by atoms with Crippen LogP contribution in [-0.4, -0.2) is 13.7 Å². The summed E-state index contributed by atoms with van der Waals surface area (Å²) in [6.07, 6.45) is 3.09. The van der Waals surface area contributed by atoms with E-state index >= 15 is 0 Å². The molecule has 0 N–H and O–H groups in total. The van der Waals surface area contributed by atoms with Gasteiger partial charge in [0.15, 0.2) is 11.5 Å². The van der Waals surface area contributed by atoms with Crippen molar-refractivity contribution in [2.45, 2.75) is 0 Å². The first-order chi connectivity index (χ1) is 9.58. The molecule has 1 rings (SSSR count). The normalized spacial score (nSPS) is 9.05. The standard InChI is InChI=1S/C14H10Br2N2O2/c1-3-4-20-14-11(19-2)6-10(12(15)13(14)16)5-9(7-17)8-18/h3,5-6H,1,4H2,2H3. The van der Waals surface area contributed by atoms with Crippen LogP contribution in [0.2, 0.25) is 0 Å². The molecule has 0 radical (unpaired) electrons. The zero-order valence-electron chi connectivity index (χ0n) is 10.6. The van der Waals surface area contributed by atoms with E-state index in [0.29, 0.717) is 32.6 Å². The van der Waals surface area contributed by atoms with Crippen molar-refractivity contribution in [3.63, 3.8) is 0 Å². The number of allylic oxidation sites excluding steroid dienone is 1. The Hall–Kier alpha value is -1.76. The van der Waals surface area contributed by atoms with Crippen LogP contribution in [0, 0.1) is 22.7 Å². The Balaban J connectivity index is 3.42. The molecule has 0 aliphatic heterocycles. The molecule has 0 aliphatic rings. The molecule has 0 bridgehead atoms. The summed E-state index contributed by atoms with van der Waals surface area (Å²) in [4.78, 5) is 0. The van der Waals surface area contributed by atoms with Gasteiger partial charge >= 0.3 is 0 Å². The molecule has 0 aliphatic carbocycles. The highest BCUT2D eigenvalue weighted by atomic mass is 79.9. The van der Waals surface area contributed by atoms with Crippen LogP contribution in [0.5, 0.6) is 11.5 Å². The molecule has 20 heavy (non-hydrogen) atoms. The Morgan fingerprint density at radius 1 is 1.35 bits per heavy atom. The predicted octanol–water partition coefficient (Wildman–Crippen LogP) is 4.22. The van der Waals surface area contributed by atoms with E-state index in [-0.39, 0.29) is 5.57 Å². The molecule has 4 nitrogen and oxygen atoms in total. The predicted molar refractivity (Wildman–Crippen MR) is 83.3 cm³/mol.